The molecule has 1 aromatic carbocycles. The number of amides is 1. The summed E-state index contributed by atoms with van der Waals surface area (Å²) in [7, 11) is 0. The van der Waals surface area contributed by atoms with Crippen molar-refractivity contribution in [2.75, 3.05) is 6.54 Å². The fraction of sp³-hybridized carbons (Fsp3) is 0.444. The lowest BCUT2D eigenvalue weighted by Crippen LogP contribution is -2.42. The summed E-state index contributed by atoms with van der Waals surface area (Å²) in [5, 5.41) is 4.59. The highest BCUT2D eigenvalue weighted by Crippen LogP contribution is 2.24. The third-order valence-corrected chi connectivity index (χ3v) is 4.57. The van der Waals surface area contributed by atoms with Crippen molar-refractivity contribution in [3.05, 3.63) is 47.3 Å². The van der Waals surface area contributed by atoms with Crippen LogP contribution in [0, 0.1) is 13.8 Å². The highest BCUT2D eigenvalue weighted by atomic mass is 16.2. The average molecular weight is 297 g/mol. The molecule has 4 nitrogen and oxygen atoms in total. The number of carbonyl (C=O) groups excluding carboxylic acids is 1. The number of aryl methyl sites for hydroxylation is 1. The van der Waals surface area contributed by atoms with Crippen LogP contribution in [0.3, 0.4) is 0 Å². The number of para-hydroxylation sites is 1. The van der Waals surface area contributed by atoms with Gasteiger partial charge in [0.05, 0.1) is 22.6 Å². The monoisotopic (exact) mass is 297 g/mol. The molecule has 2 heterocycles. The van der Waals surface area contributed by atoms with E-state index < -0.39 is 0 Å². The van der Waals surface area contributed by atoms with Gasteiger partial charge in [-0.05, 0) is 52.2 Å². The van der Waals surface area contributed by atoms with E-state index in [9.17, 15) is 4.79 Å². The first kappa shape index (κ1) is 14.8. The summed E-state index contributed by atoms with van der Waals surface area (Å²) in [4.78, 5) is 15.0. The second-order valence-electron chi connectivity index (χ2n) is 6.14. The Morgan fingerprint density at radius 3 is 2.59 bits per heavy atom. The molecule has 0 spiro atoms. The standard InChI is InChI=1S/C18H23N3O/c1-13-9-7-8-12-20(13)18(22)17-14(2)19-21(15(17)3)16-10-5-4-6-11-16/h4-6,10-11,13H,7-9,12H2,1-3H3. The Kier molecular flexibility index (Phi) is 4.01. The van der Waals surface area contributed by atoms with Gasteiger partial charge in [0.2, 0.25) is 0 Å². The summed E-state index contributed by atoms with van der Waals surface area (Å²) in [5.74, 6) is 0.129. The van der Waals surface area contributed by atoms with Crippen LogP contribution < -0.4 is 0 Å². The van der Waals surface area contributed by atoms with Crippen molar-refractivity contribution in [3.8, 4) is 5.69 Å². The molecule has 1 atom stereocenters. The first-order chi connectivity index (χ1) is 10.6. The van der Waals surface area contributed by atoms with Gasteiger partial charge in [0.15, 0.2) is 0 Å². The Labute approximate surface area is 131 Å². The minimum atomic E-state index is 0.129. The molecule has 1 aromatic heterocycles. The predicted octanol–water partition coefficient (Wildman–Crippen LogP) is 3.50. The average Bonchev–Trinajstić information content (AvgIpc) is 2.83. The third-order valence-electron chi connectivity index (χ3n) is 4.57. The molecular formula is C18H23N3O. The Hall–Kier alpha value is -2.10. The number of rotatable bonds is 2. The van der Waals surface area contributed by atoms with E-state index in [0.29, 0.717) is 6.04 Å². The van der Waals surface area contributed by atoms with Gasteiger partial charge < -0.3 is 4.90 Å². The molecule has 0 bridgehead atoms. The molecule has 3 rings (SSSR count). The number of piperidine rings is 1. The topological polar surface area (TPSA) is 38.1 Å². The number of aromatic nitrogens is 2. The second kappa shape index (κ2) is 5.95. The normalized spacial score (nSPS) is 18.5. The third kappa shape index (κ3) is 2.54. The molecule has 1 fully saturated rings. The fourth-order valence-corrected chi connectivity index (χ4v) is 3.32. The lowest BCUT2D eigenvalue weighted by molar-refractivity contribution is 0.0634. The van der Waals surface area contributed by atoms with Crippen molar-refractivity contribution < 1.29 is 4.79 Å². The van der Waals surface area contributed by atoms with Crippen molar-refractivity contribution in [1.29, 1.82) is 0 Å². The summed E-state index contributed by atoms with van der Waals surface area (Å²) in [6, 6.07) is 10.3. The van der Waals surface area contributed by atoms with Gasteiger partial charge in [-0.15, -0.1) is 0 Å². The maximum Gasteiger partial charge on any atom is 0.257 e. The van der Waals surface area contributed by atoms with E-state index in [1.165, 1.54) is 6.42 Å². The zero-order valence-electron chi connectivity index (χ0n) is 13.5. The first-order valence-corrected chi connectivity index (χ1v) is 8.02. The van der Waals surface area contributed by atoms with Gasteiger partial charge in [-0.3, -0.25) is 4.79 Å². The minimum absolute atomic E-state index is 0.129. The van der Waals surface area contributed by atoms with E-state index in [2.05, 4.69) is 12.0 Å². The Bertz CT molecular complexity index is 675. The van der Waals surface area contributed by atoms with Crippen molar-refractivity contribution in [3.63, 3.8) is 0 Å². The van der Waals surface area contributed by atoms with Crippen LogP contribution in [0.5, 0.6) is 0 Å². The molecule has 1 aliphatic heterocycles. The number of likely N-dealkylation sites (tertiary alicyclic amines) is 1. The van der Waals surface area contributed by atoms with Crippen LogP contribution in [-0.2, 0) is 0 Å². The van der Waals surface area contributed by atoms with Gasteiger partial charge in [-0.25, -0.2) is 4.68 Å². The van der Waals surface area contributed by atoms with E-state index in [1.807, 2.05) is 53.8 Å². The van der Waals surface area contributed by atoms with Crippen LogP contribution in [0.1, 0.15) is 47.9 Å². The SMILES string of the molecule is Cc1nn(-c2ccccc2)c(C)c1C(=O)N1CCCCC1C. The van der Waals surface area contributed by atoms with Gasteiger partial charge >= 0.3 is 0 Å². The molecule has 0 N–H and O–H groups in total. The Balaban J connectivity index is 1.98. The van der Waals surface area contributed by atoms with Gasteiger partial charge in [0, 0.05) is 12.6 Å². The zero-order valence-corrected chi connectivity index (χ0v) is 13.5. The van der Waals surface area contributed by atoms with Crippen molar-refractivity contribution >= 4 is 5.91 Å². The maximum absolute atomic E-state index is 13.0. The van der Waals surface area contributed by atoms with Gasteiger partial charge in [-0.2, -0.15) is 5.10 Å². The van der Waals surface area contributed by atoms with Crippen LogP contribution in [0.4, 0.5) is 0 Å². The lowest BCUT2D eigenvalue weighted by atomic mass is 10.0. The zero-order chi connectivity index (χ0) is 15.7. The molecule has 1 unspecified atom stereocenters. The molecule has 0 saturated carbocycles. The predicted molar refractivity (Wildman–Crippen MR) is 87.4 cm³/mol. The summed E-state index contributed by atoms with van der Waals surface area (Å²) in [6.45, 7) is 6.90. The van der Waals surface area contributed by atoms with Crippen LogP contribution in [0.2, 0.25) is 0 Å². The Morgan fingerprint density at radius 2 is 1.91 bits per heavy atom. The van der Waals surface area contributed by atoms with Gasteiger partial charge in [0.25, 0.3) is 5.91 Å². The minimum Gasteiger partial charge on any atom is -0.336 e. The first-order valence-electron chi connectivity index (χ1n) is 8.02. The molecule has 0 radical (unpaired) electrons. The van der Waals surface area contributed by atoms with E-state index in [4.69, 9.17) is 0 Å². The summed E-state index contributed by atoms with van der Waals surface area (Å²) >= 11 is 0. The molecule has 22 heavy (non-hydrogen) atoms. The van der Waals surface area contributed by atoms with Gasteiger partial charge in [-0.1, -0.05) is 18.2 Å². The van der Waals surface area contributed by atoms with Crippen molar-refractivity contribution in [2.24, 2.45) is 0 Å². The summed E-state index contributed by atoms with van der Waals surface area (Å²) in [6.07, 6.45) is 3.41. The smallest absolute Gasteiger partial charge is 0.257 e. The van der Waals surface area contributed by atoms with E-state index >= 15 is 0 Å². The van der Waals surface area contributed by atoms with Crippen molar-refractivity contribution in [2.45, 2.75) is 46.1 Å². The van der Waals surface area contributed by atoms with Crippen LogP contribution in [0.25, 0.3) is 5.69 Å². The van der Waals surface area contributed by atoms with E-state index in [1.54, 1.807) is 0 Å². The molecule has 0 aliphatic carbocycles. The molecule has 4 heteroatoms. The quantitative estimate of drug-likeness (QED) is 0.851. The molecule has 116 valence electrons. The van der Waals surface area contributed by atoms with E-state index in [-0.39, 0.29) is 5.91 Å². The molecule has 1 amide bonds. The lowest BCUT2D eigenvalue weighted by Gasteiger charge is -2.33. The highest BCUT2D eigenvalue weighted by molar-refractivity contribution is 5.96. The van der Waals surface area contributed by atoms with Crippen molar-refractivity contribution in [1.82, 2.24) is 14.7 Å². The number of carbonyl (C=O) groups is 1. The number of hydrogen-bond acceptors (Lipinski definition) is 2. The maximum atomic E-state index is 13.0. The molecule has 1 aliphatic rings. The number of benzene rings is 1. The van der Waals surface area contributed by atoms with Crippen LogP contribution >= 0.6 is 0 Å². The van der Waals surface area contributed by atoms with Crippen LogP contribution in [0.15, 0.2) is 30.3 Å². The van der Waals surface area contributed by atoms with E-state index in [0.717, 1.165) is 42.0 Å². The van der Waals surface area contributed by atoms with Crippen LogP contribution in [-0.4, -0.2) is 33.2 Å². The number of hydrogen-bond donors (Lipinski definition) is 0. The Morgan fingerprint density at radius 1 is 1.18 bits per heavy atom. The fourth-order valence-electron chi connectivity index (χ4n) is 3.32. The molecule has 2 aromatic rings. The van der Waals surface area contributed by atoms with Gasteiger partial charge in [0.1, 0.15) is 0 Å². The highest BCUT2D eigenvalue weighted by Gasteiger charge is 2.28. The molecule has 1 saturated heterocycles. The number of nitrogens with zero attached hydrogens (tertiary/aromatic N) is 3. The summed E-state index contributed by atoms with van der Waals surface area (Å²) < 4.78 is 1.87. The molecular weight excluding hydrogens is 274 g/mol. The second-order valence-corrected chi connectivity index (χ2v) is 6.14. The largest absolute Gasteiger partial charge is 0.336 e. The summed E-state index contributed by atoms with van der Waals surface area (Å²) in [5.41, 5.74) is 3.49.